The number of carbonyl (C=O) groups excluding carboxylic acids is 1. The van der Waals surface area contributed by atoms with Crippen molar-refractivity contribution in [2.75, 3.05) is 11.9 Å². The minimum atomic E-state index is -0.479. The lowest BCUT2D eigenvalue weighted by Gasteiger charge is -1.95. The number of nitrogens with zero attached hydrogens (tertiary/aromatic N) is 2. The number of aromatic nitrogens is 2. The zero-order chi connectivity index (χ0) is 9.68. The Morgan fingerprint density at radius 2 is 2.62 bits per heavy atom. The first-order valence-electron chi connectivity index (χ1n) is 3.76. The van der Waals surface area contributed by atoms with Crippen LogP contribution in [0.4, 0.5) is 5.69 Å². The molecule has 0 aliphatic heterocycles. The van der Waals surface area contributed by atoms with E-state index in [1.54, 1.807) is 10.9 Å². The number of hydrogen-bond acceptors (Lipinski definition) is 3. The SMILES string of the molecule is C#CC(=O)Nc1cnn(CCN)c1. The normalized spacial score (nSPS) is 9.23. The molecule has 0 aromatic carbocycles. The molecule has 0 spiro atoms. The molecule has 0 radical (unpaired) electrons. The van der Waals surface area contributed by atoms with Gasteiger partial charge in [-0.2, -0.15) is 5.10 Å². The minimum absolute atomic E-state index is 0.479. The monoisotopic (exact) mass is 178 g/mol. The van der Waals surface area contributed by atoms with Gasteiger partial charge < -0.3 is 11.1 Å². The molecule has 1 rings (SSSR count). The molecule has 0 bridgehead atoms. The fourth-order valence-electron chi connectivity index (χ4n) is 0.850. The molecule has 1 aromatic heterocycles. The molecule has 1 heterocycles. The van der Waals surface area contributed by atoms with E-state index in [4.69, 9.17) is 12.2 Å². The number of hydrogen-bond donors (Lipinski definition) is 2. The highest BCUT2D eigenvalue weighted by Crippen LogP contribution is 2.03. The van der Waals surface area contributed by atoms with Gasteiger partial charge in [0.05, 0.1) is 18.4 Å². The second-order valence-corrected chi connectivity index (χ2v) is 2.38. The Morgan fingerprint density at radius 1 is 1.85 bits per heavy atom. The highest BCUT2D eigenvalue weighted by atomic mass is 16.1. The van der Waals surface area contributed by atoms with Crippen molar-refractivity contribution < 1.29 is 4.79 Å². The third kappa shape index (κ3) is 2.61. The molecule has 0 saturated heterocycles. The van der Waals surface area contributed by atoms with E-state index >= 15 is 0 Å². The Balaban J connectivity index is 2.59. The van der Waals surface area contributed by atoms with Gasteiger partial charge in [0.2, 0.25) is 0 Å². The molecular weight excluding hydrogens is 168 g/mol. The van der Waals surface area contributed by atoms with Crippen molar-refractivity contribution in [1.82, 2.24) is 9.78 Å². The summed E-state index contributed by atoms with van der Waals surface area (Å²) in [5.74, 6) is 1.46. The highest BCUT2D eigenvalue weighted by molar-refractivity contribution is 6.03. The first kappa shape index (κ1) is 9.29. The van der Waals surface area contributed by atoms with E-state index in [-0.39, 0.29) is 0 Å². The summed E-state index contributed by atoms with van der Waals surface area (Å²) in [6.07, 6.45) is 8.06. The molecule has 5 nitrogen and oxygen atoms in total. The third-order valence-electron chi connectivity index (χ3n) is 1.38. The van der Waals surface area contributed by atoms with Crippen LogP contribution in [0.25, 0.3) is 0 Å². The van der Waals surface area contributed by atoms with Gasteiger partial charge in [0.25, 0.3) is 5.91 Å². The third-order valence-corrected chi connectivity index (χ3v) is 1.38. The molecule has 0 atom stereocenters. The van der Waals surface area contributed by atoms with Gasteiger partial charge in [0.15, 0.2) is 0 Å². The molecular formula is C8H10N4O. The van der Waals surface area contributed by atoms with Crippen molar-refractivity contribution in [1.29, 1.82) is 0 Å². The van der Waals surface area contributed by atoms with E-state index in [1.807, 2.05) is 5.92 Å². The predicted molar refractivity (Wildman–Crippen MR) is 48.7 cm³/mol. The maximum Gasteiger partial charge on any atom is 0.300 e. The quantitative estimate of drug-likeness (QED) is 0.608. The van der Waals surface area contributed by atoms with E-state index in [1.165, 1.54) is 6.20 Å². The Bertz CT molecular complexity index is 336. The lowest BCUT2D eigenvalue weighted by atomic mass is 10.5. The van der Waals surface area contributed by atoms with Crippen LogP contribution in [0, 0.1) is 12.3 Å². The molecule has 0 aliphatic carbocycles. The van der Waals surface area contributed by atoms with E-state index < -0.39 is 5.91 Å². The summed E-state index contributed by atoms with van der Waals surface area (Å²) in [5, 5.41) is 6.42. The van der Waals surface area contributed by atoms with Crippen LogP contribution in [0.15, 0.2) is 12.4 Å². The molecule has 3 N–H and O–H groups in total. The Kier molecular flexibility index (Phi) is 3.06. The van der Waals surface area contributed by atoms with Crippen LogP contribution < -0.4 is 11.1 Å². The Morgan fingerprint density at radius 3 is 3.23 bits per heavy atom. The lowest BCUT2D eigenvalue weighted by molar-refractivity contribution is -0.111. The zero-order valence-electron chi connectivity index (χ0n) is 7.03. The molecule has 0 fully saturated rings. The highest BCUT2D eigenvalue weighted by Gasteiger charge is 1.99. The maximum absolute atomic E-state index is 10.7. The zero-order valence-corrected chi connectivity index (χ0v) is 7.03. The van der Waals surface area contributed by atoms with E-state index in [0.717, 1.165) is 0 Å². The summed E-state index contributed by atoms with van der Waals surface area (Å²) in [6.45, 7) is 1.12. The maximum atomic E-state index is 10.7. The van der Waals surface area contributed by atoms with Crippen molar-refractivity contribution in [2.24, 2.45) is 5.73 Å². The molecule has 0 aliphatic rings. The summed E-state index contributed by atoms with van der Waals surface area (Å²) in [6, 6.07) is 0. The van der Waals surface area contributed by atoms with Crippen molar-refractivity contribution in [3.63, 3.8) is 0 Å². The average Bonchev–Trinajstić information content (AvgIpc) is 2.53. The summed E-state index contributed by atoms with van der Waals surface area (Å²) in [7, 11) is 0. The standard InChI is InChI=1S/C8H10N4O/c1-2-8(13)11-7-5-10-12(6-7)4-3-9/h1,5-6H,3-4,9H2,(H,11,13). The second-order valence-electron chi connectivity index (χ2n) is 2.38. The number of terminal acetylenes is 1. The molecule has 68 valence electrons. The average molecular weight is 178 g/mol. The van der Waals surface area contributed by atoms with E-state index in [9.17, 15) is 4.79 Å². The fourth-order valence-corrected chi connectivity index (χ4v) is 0.850. The largest absolute Gasteiger partial charge is 0.329 e. The van der Waals surface area contributed by atoms with Crippen LogP contribution >= 0.6 is 0 Å². The fraction of sp³-hybridized carbons (Fsp3) is 0.250. The first-order valence-corrected chi connectivity index (χ1v) is 3.76. The van der Waals surface area contributed by atoms with Gasteiger partial charge in [0.1, 0.15) is 0 Å². The van der Waals surface area contributed by atoms with Crippen LogP contribution in [-0.4, -0.2) is 22.2 Å². The molecule has 13 heavy (non-hydrogen) atoms. The number of amides is 1. The summed E-state index contributed by atoms with van der Waals surface area (Å²) in [5.41, 5.74) is 5.90. The van der Waals surface area contributed by atoms with Crippen LogP contribution in [0.5, 0.6) is 0 Å². The summed E-state index contributed by atoms with van der Waals surface area (Å²) < 4.78 is 1.63. The van der Waals surface area contributed by atoms with Crippen LogP contribution in [-0.2, 0) is 11.3 Å². The second kappa shape index (κ2) is 4.28. The van der Waals surface area contributed by atoms with E-state index in [2.05, 4.69) is 10.4 Å². The van der Waals surface area contributed by atoms with Gasteiger partial charge in [-0.1, -0.05) is 0 Å². The number of rotatable bonds is 3. The number of nitrogens with two attached hydrogens (primary N) is 1. The number of nitrogens with one attached hydrogen (secondary N) is 1. The van der Waals surface area contributed by atoms with Crippen molar-refractivity contribution >= 4 is 11.6 Å². The molecule has 0 saturated carbocycles. The van der Waals surface area contributed by atoms with Crippen LogP contribution in [0.3, 0.4) is 0 Å². The Labute approximate surface area is 75.9 Å². The van der Waals surface area contributed by atoms with Gasteiger partial charge >= 0.3 is 0 Å². The molecule has 1 aromatic rings. The number of carbonyl (C=O) groups is 1. The number of anilines is 1. The van der Waals surface area contributed by atoms with Crippen LogP contribution in [0.1, 0.15) is 0 Å². The van der Waals surface area contributed by atoms with Crippen molar-refractivity contribution in [3.8, 4) is 12.3 Å². The topological polar surface area (TPSA) is 72.9 Å². The molecule has 1 amide bonds. The molecule has 5 heteroatoms. The first-order chi connectivity index (χ1) is 6.26. The van der Waals surface area contributed by atoms with E-state index in [0.29, 0.717) is 18.8 Å². The lowest BCUT2D eigenvalue weighted by Crippen LogP contribution is -2.10. The Hall–Kier alpha value is -1.80. The predicted octanol–water partition coefficient (Wildman–Crippen LogP) is -0.587. The summed E-state index contributed by atoms with van der Waals surface area (Å²) in [4.78, 5) is 10.7. The van der Waals surface area contributed by atoms with Crippen LogP contribution in [0.2, 0.25) is 0 Å². The smallest absolute Gasteiger partial charge is 0.300 e. The van der Waals surface area contributed by atoms with Gasteiger partial charge in [-0.05, 0) is 5.92 Å². The van der Waals surface area contributed by atoms with Gasteiger partial charge in [-0.15, -0.1) is 6.42 Å². The van der Waals surface area contributed by atoms with Gasteiger partial charge in [0, 0.05) is 12.7 Å². The summed E-state index contributed by atoms with van der Waals surface area (Å²) >= 11 is 0. The van der Waals surface area contributed by atoms with Crippen molar-refractivity contribution in [2.45, 2.75) is 6.54 Å². The van der Waals surface area contributed by atoms with Gasteiger partial charge in [-0.3, -0.25) is 9.48 Å². The van der Waals surface area contributed by atoms with Gasteiger partial charge in [-0.25, -0.2) is 0 Å². The molecule has 0 unspecified atom stereocenters. The van der Waals surface area contributed by atoms with Crippen molar-refractivity contribution in [3.05, 3.63) is 12.4 Å². The minimum Gasteiger partial charge on any atom is -0.329 e.